The van der Waals surface area contributed by atoms with Crippen LogP contribution in [0, 0.1) is 0 Å². The van der Waals surface area contributed by atoms with E-state index in [1.165, 1.54) is 0 Å². The normalized spacial score (nSPS) is 11.8. The fraction of sp³-hybridized carbons (Fsp3) is 0.357. The van der Waals surface area contributed by atoms with E-state index in [9.17, 15) is 18.0 Å². The molecule has 0 bridgehead atoms. The van der Waals surface area contributed by atoms with Gasteiger partial charge in [-0.3, -0.25) is 4.79 Å². The van der Waals surface area contributed by atoms with E-state index in [0.717, 1.165) is 16.5 Å². The van der Waals surface area contributed by atoms with Crippen LogP contribution < -0.4 is 5.32 Å². The van der Waals surface area contributed by atoms with Crippen LogP contribution in [0.2, 0.25) is 0 Å². The monoisotopic (exact) mass is 284 g/mol. The van der Waals surface area contributed by atoms with Gasteiger partial charge in [0.05, 0.1) is 6.42 Å². The van der Waals surface area contributed by atoms with Gasteiger partial charge in [-0.05, 0) is 18.1 Å². The summed E-state index contributed by atoms with van der Waals surface area (Å²) in [6.07, 6.45) is -3.44. The maximum atomic E-state index is 12.0. The Balaban J connectivity index is 1.80. The number of rotatable bonds is 5. The molecule has 1 amide bonds. The molecule has 0 atom stereocenters. The Morgan fingerprint density at radius 1 is 1.25 bits per heavy atom. The summed E-state index contributed by atoms with van der Waals surface area (Å²) >= 11 is 0. The molecule has 0 spiro atoms. The summed E-state index contributed by atoms with van der Waals surface area (Å²) in [5, 5.41) is 3.57. The number of H-pyrrole nitrogens is 1. The number of nitrogens with one attached hydrogen (secondary N) is 2. The highest BCUT2D eigenvalue weighted by Gasteiger charge is 2.27. The summed E-state index contributed by atoms with van der Waals surface area (Å²) in [6, 6.07) is 7.75. The second kappa shape index (κ2) is 5.98. The molecule has 0 saturated heterocycles. The van der Waals surface area contributed by atoms with Gasteiger partial charge in [-0.1, -0.05) is 18.2 Å². The minimum atomic E-state index is -4.28. The van der Waals surface area contributed by atoms with Gasteiger partial charge in [0.2, 0.25) is 5.91 Å². The number of aromatic amines is 1. The molecule has 0 fully saturated rings. The van der Waals surface area contributed by atoms with Crippen molar-refractivity contribution in [3.8, 4) is 0 Å². The Morgan fingerprint density at radius 2 is 2.00 bits per heavy atom. The maximum Gasteiger partial charge on any atom is 0.389 e. The highest BCUT2D eigenvalue weighted by Crippen LogP contribution is 2.21. The third-order valence-electron chi connectivity index (χ3n) is 3.03. The zero-order chi connectivity index (χ0) is 14.6. The fourth-order valence-corrected chi connectivity index (χ4v) is 2.02. The molecule has 6 heteroatoms. The Bertz CT molecular complexity index is 589. The first-order valence-electron chi connectivity index (χ1n) is 6.34. The van der Waals surface area contributed by atoms with Gasteiger partial charge in [-0.2, -0.15) is 13.2 Å². The average molecular weight is 284 g/mol. The lowest BCUT2D eigenvalue weighted by molar-refractivity contribution is -0.144. The van der Waals surface area contributed by atoms with Crippen molar-refractivity contribution in [3.05, 3.63) is 36.0 Å². The van der Waals surface area contributed by atoms with Crippen molar-refractivity contribution in [2.45, 2.75) is 25.4 Å². The molecule has 2 rings (SSSR count). The molecule has 0 saturated carbocycles. The lowest BCUT2D eigenvalue weighted by Crippen LogP contribution is -2.26. The molecule has 1 aromatic heterocycles. The van der Waals surface area contributed by atoms with Crippen LogP contribution in [0.25, 0.3) is 10.9 Å². The molecular formula is C14H15F3N2O. The van der Waals surface area contributed by atoms with Gasteiger partial charge < -0.3 is 10.3 Å². The van der Waals surface area contributed by atoms with E-state index in [4.69, 9.17) is 0 Å². The number of halogens is 3. The zero-order valence-corrected chi connectivity index (χ0v) is 10.8. The Morgan fingerprint density at radius 3 is 2.75 bits per heavy atom. The minimum absolute atomic E-state index is 0.332. The number of carbonyl (C=O) groups is 1. The van der Waals surface area contributed by atoms with E-state index < -0.39 is 24.9 Å². The molecule has 0 aliphatic rings. The molecule has 2 aromatic rings. The van der Waals surface area contributed by atoms with Crippen LogP contribution >= 0.6 is 0 Å². The lowest BCUT2D eigenvalue weighted by Gasteiger charge is -2.07. The molecule has 0 aliphatic heterocycles. The minimum Gasteiger partial charge on any atom is -0.361 e. The molecule has 0 unspecified atom stereocenters. The first kappa shape index (κ1) is 14.4. The molecular weight excluding hydrogens is 269 g/mol. The van der Waals surface area contributed by atoms with Gasteiger partial charge in [0, 0.05) is 30.1 Å². The number of alkyl halides is 3. The van der Waals surface area contributed by atoms with E-state index >= 15 is 0 Å². The highest BCUT2D eigenvalue weighted by atomic mass is 19.4. The topological polar surface area (TPSA) is 44.9 Å². The second-order valence-corrected chi connectivity index (χ2v) is 4.57. The zero-order valence-electron chi connectivity index (χ0n) is 10.8. The SMILES string of the molecule is O=C(CCC(F)(F)F)NCCc1c[nH]c2ccccc12. The van der Waals surface area contributed by atoms with E-state index in [2.05, 4.69) is 10.3 Å². The number of carbonyl (C=O) groups excluding carboxylic acids is 1. The summed E-state index contributed by atoms with van der Waals surface area (Å²) in [6.45, 7) is 0.332. The van der Waals surface area contributed by atoms with Crippen LogP contribution in [0.3, 0.4) is 0 Å². The van der Waals surface area contributed by atoms with E-state index in [1.807, 2.05) is 30.5 Å². The largest absolute Gasteiger partial charge is 0.389 e. The van der Waals surface area contributed by atoms with Crippen LogP contribution in [0.4, 0.5) is 13.2 Å². The van der Waals surface area contributed by atoms with Crippen LogP contribution in [-0.2, 0) is 11.2 Å². The third-order valence-corrected chi connectivity index (χ3v) is 3.03. The van der Waals surface area contributed by atoms with Gasteiger partial charge in [0.1, 0.15) is 0 Å². The summed E-state index contributed by atoms with van der Waals surface area (Å²) in [5.41, 5.74) is 2.04. The first-order valence-corrected chi connectivity index (χ1v) is 6.34. The Kier molecular flexibility index (Phi) is 4.32. The average Bonchev–Trinajstić information content (AvgIpc) is 2.79. The highest BCUT2D eigenvalue weighted by molar-refractivity contribution is 5.83. The molecule has 1 heterocycles. The standard InChI is InChI=1S/C14H15F3N2O/c15-14(16,17)7-5-13(20)18-8-6-10-9-19-12-4-2-1-3-11(10)12/h1-4,9,19H,5-8H2,(H,18,20). The molecule has 2 N–H and O–H groups in total. The number of fused-ring (bicyclic) bond motifs is 1. The quantitative estimate of drug-likeness (QED) is 0.870. The molecule has 0 aliphatic carbocycles. The number of hydrogen-bond donors (Lipinski definition) is 2. The van der Waals surface area contributed by atoms with Gasteiger partial charge in [0.25, 0.3) is 0 Å². The number of amides is 1. The van der Waals surface area contributed by atoms with Gasteiger partial charge >= 0.3 is 6.18 Å². The Hall–Kier alpha value is -1.98. The number of para-hydroxylation sites is 1. The Labute approximate surface area is 114 Å². The van der Waals surface area contributed by atoms with Crippen LogP contribution in [0.1, 0.15) is 18.4 Å². The fourth-order valence-electron chi connectivity index (χ4n) is 2.02. The van der Waals surface area contributed by atoms with Crippen molar-refractivity contribution < 1.29 is 18.0 Å². The van der Waals surface area contributed by atoms with Gasteiger partial charge in [-0.25, -0.2) is 0 Å². The molecule has 20 heavy (non-hydrogen) atoms. The maximum absolute atomic E-state index is 12.0. The van der Waals surface area contributed by atoms with Crippen molar-refractivity contribution in [1.29, 1.82) is 0 Å². The predicted molar refractivity (Wildman–Crippen MR) is 70.3 cm³/mol. The second-order valence-electron chi connectivity index (χ2n) is 4.57. The number of hydrogen-bond acceptors (Lipinski definition) is 1. The van der Waals surface area contributed by atoms with Crippen LogP contribution in [0.5, 0.6) is 0 Å². The predicted octanol–water partition coefficient (Wildman–Crippen LogP) is 3.17. The lowest BCUT2D eigenvalue weighted by atomic mass is 10.1. The summed E-state index contributed by atoms with van der Waals surface area (Å²) < 4.78 is 35.9. The van der Waals surface area contributed by atoms with Crippen molar-refractivity contribution in [3.63, 3.8) is 0 Å². The van der Waals surface area contributed by atoms with Gasteiger partial charge in [0.15, 0.2) is 0 Å². The molecule has 108 valence electrons. The molecule has 3 nitrogen and oxygen atoms in total. The van der Waals surface area contributed by atoms with Crippen molar-refractivity contribution >= 4 is 16.8 Å². The smallest absolute Gasteiger partial charge is 0.361 e. The number of aromatic nitrogens is 1. The van der Waals surface area contributed by atoms with Crippen molar-refractivity contribution in [1.82, 2.24) is 10.3 Å². The van der Waals surface area contributed by atoms with Gasteiger partial charge in [-0.15, -0.1) is 0 Å². The summed E-state index contributed by atoms with van der Waals surface area (Å²) in [7, 11) is 0. The number of benzene rings is 1. The van der Waals surface area contributed by atoms with Crippen LogP contribution in [-0.4, -0.2) is 23.6 Å². The van der Waals surface area contributed by atoms with Crippen molar-refractivity contribution in [2.75, 3.05) is 6.54 Å². The molecule has 0 radical (unpaired) electrons. The summed E-state index contributed by atoms with van der Waals surface area (Å²) in [4.78, 5) is 14.4. The van der Waals surface area contributed by atoms with E-state index in [1.54, 1.807) is 0 Å². The van der Waals surface area contributed by atoms with E-state index in [-0.39, 0.29) is 0 Å². The van der Waals surface area contributed by atoms with Crippen molar-refractivity contribution in [2.24, 2.45) is 0 Å². The third kappa shape index (κ3) is 4.01. The van der Waals surface area contributed by atoms with Crippen LogP contribution in [0.15, 0.2) is 30.5 Å². The molecule has 1 aromatic carbocycles. The summed E-state index contributed by atoms with van der Waals surface area (Å²) in [5.74, 6) is -0.567. The first-order chi connectivity index (χ1) is 9.46. The van der Waals surface area contributed by atoms with E-state index in [0.29, 0.717) is 13.0 Å².